The van der Waals surface area contributed by atoms with Crippen molar-refractivity contribution in [2.24, 2.45) is 0 Å². The average Bonchev–Trinajstić information content (AvgIpc) is 3.32. The smallest absolute Gasteiger partial charge is 0.234 e. The molecule has 27 heavy (non-hydrogen) atoms. The Hall–Kier alpha value is -2.22. The number of anilines is 1. The van der Waals surface area contributed by atoms with E-state index in [9.17, 15) is 4.79 Å². The molecule has 146 valence electrons. The predicted octanol–water partition coefficient (Wildman–Crippen LogP) is 3.92. The lowest BCUT2D eigenvalue weighted by Gasteiger charge is -2.17. The summed E-state index contributed by atoms with van der Waals surface area (Å²) in [5.41, 5.74) is 0.694. The summed E-state index contributed by atoms with van der Waals surface area (Å²) in [7, 11) is 1.62. The molecule has 3 rings (SSSR count). The van der Waals surface area contributed by atoms with Crippen LogP contribution in [0.4, 0.5) is 5.69 Å². The molecule has 0 bridgehead atoms. The van der Waals surface area contributed by atoms with Gasteiger partial charge in [0.25, 0.3) is 0 Å². The summed E-state index contributed by atoms with van der Waals surface area (Å²) >= 11 is 1.37. The van der Waals surface area contributed by atoms with Crippen LogP contribution in [0.15, 0.2) is 29.7 Å². The first-order valence-electron chi connectivity index (χ1n) is 9.23. The summed E-state index contributed by atoms with van der Waals surface area (Å²) in [5, 5.41) is 11.6. The first kappa shape index (κ1) is 19.5. The van der Waals surface area contributed by atoms with Gasteiger partial charge < -0.3 is 19.4 Å². The molecule has 0 saturated heterocycles. The normalized spacial score (nSPS) is 14.5. The van der Waals surface area contributed by atoms with E-state index in [2.05, 4.69) is 29.4 Å². The molecule has 8 heteroatoms. The fourth-order valence-electron chi connectivity index (χ4n) is 3.05. The Kier molecular flexibility index (Phi) is 6.60. The Morgan fingerprint density at radius 2 is 2.11 bits per heavy atom. The van der Waals surface area contributed by atoms with Crippen molar-refractivity contribution in [3.8, 4) is 11.5 Å². The number of rotatable bonds is 8. The number of carbonyl (C=O) groups excluding carboxylic acids is 1. The van der Waals surface area contributed by atoms with Crippen molar-refractivity contribution in [1.82, 2.24) is 14.8 Å². The van der Waals surface area contributed by atoms with Crippen molar-refractivity contribution in [3.63, 3.8) is 0 Å². The van der Waals surface area contributed by atoms with Crippen LogP contribution in [0.3, 0.4) is 0 Å². The van der Waals surface area contributed by atoms with Gasteiger partial charge in [-0.3, -0.25) is 4.79 Å². The Morgan fingerprint density at radius 3 is 2.81 bits per heavy atom. The first-order valence-corrected chi connectivity index (χ1v) is 10.2. The molecule has 0 aliphatic heterocycles. The van der Waals surface area contributed by atoms with Crippen molar-refractivity contribution < 1.29 is 14.3 Å². The highest BCUT2D eigenvalue weighted by atomic mass is 32.2. The van der Waals surface area contributed by atoms with E-state index in [-0.39, 0.29) is 23.8 Å². The molecule has 2 aromatic rings. The Morgan fingerprint density at radius 1 is 1.33 bits per heavy atom. The van der Waals surface area contributed by atoms with Gasteiger partial charge in [-0.15, -0.1) is 10.2 Å². The third-order valence-electron chi connectivity index (χ3n) is 4.47. The summed E-state index contributed by atoms with van der Waals surface area (Å²) in [6.07, 6.45) is 6.42. The number of amides is 1. The molecule has 1 aromatic heterocycles. The molecule has 1 N–H and O–H groups in total. The van der Waals surface area contributed by atoms with E-state index in [1.54, 1.807) is 13.4 Å². The molecule has 1 fully saturated rings. The fraction of sp³-hybridized carbons (Fsp3) is 0.526. The number of hydrogen-bond donors (Lipinski definition) is 1. The van der Waals surface area contributed by atoms with Crippen LogP contribution in [-0.2, 0) is 4.79 Å². The number of ether oxygens (including phenoxy) is 2. The molecule has 1 amide bonds. The Labute approximate surface area is 163 Å². The minimum absolute atomic E-state index is 0.102. The number of hydrogen-bond acceptors (Lipinski definition) is 6. The predicted molar refractivity (Wildman–Crippen MR) is 106 cm³/mol. The lowest BCUT2D eigenvalue weighted by molar-refractivity contribution is -0.113. The molecule has 1 aromatic carbocycles. The van der Waals surface area contributed by atoms with E-state index >= 15 is 0 Å². The van der Waals surface area contributed by atoms with Crippen LogP contribution in [-0.4, -0.2) is 39.6 Å². The van der Waals surface area contributed by atoms with Gasteiger partial charge in [0.1, 0.15) is 6.33 Å². The first-order chi connectivity index (χ1) is 13.1. The van der Waals surface area contributed by atoms with Gasteiger partial charge >= 0.3 is 0 Å². The Balaban J connectivity index is 1.60. The third kappa shape index (κ3) is 5.15. The van der Waals surface area contributed by atoms with Crippen molar-refractivity contribution in [3.05, 3.63) is 24.5 Å². The fourth-order valence-corrected chi connectivity index (χ4v) is 3.89. The molecule has 1 aliphatic rings. The molecule has 1 heterocycles. The molecule has 0 spiro atoms. The SMILES string of the molecule is COc1ccc(NC(=O)CSc2nncn2C(C)C)cc1OC1CCCC1. The number of thioether (sulfide) groups is 1. The molecular weight excluding hydrogens is 364 g/mol. The lowest BCUT2D eigenvalue weighted by Crippen LogP contribution is -2.16. The summed E-state index contributed by atoms with van der Waals surface area (Å²) < 4.78 is 13.4. The van der Waals surface area contributed by atoms with Gasteiger partial charge in [0.2, 0.25) is 5.91 Å². The number of benzene rings is 1. The van der Waals surface area contributed by atoms with Crippen LogP contribution in [0.5, 0.6) is 11.5 Å². The molecule has 0 unspecified atom stereocenters. The molecule has 7 nitrogen and oxygen atoms in total. The molecule has 1 saturated carbocycles. The quantitative estimate of drug-likeness (QED) is 0.688. The van der Waals surface area contributed by atoms with E-state index in [4.69, 9.17) is 9.47 Å². The average molecular weight is 391 g/mol. The van der Waals surface area contributed by atoms with Gasteiger partial charge in [0.05, 0.1) is 19.0 Å². The van der Waals surface area contributed by atoms with Gasteiger partial charge in [-0.2, -0.15) is 0 Å². The standard InChI is InChI=1S/C19H26N4O3S/c1-13(2)23-12-20-22-19(23)27-11-18(24)21-14-8-9-16(25-3)17(10-14)26-15-6-4-5-7-15/h8-10,12-13,15H,4-7,11H2,1-3H3,(H,21,24). The van der Waals surface area contributed by atoms with Gasteiger partial charge in [0.15, 0.2) is 16.7 Å². The third-order valence-corrected chi connectivity index (χ3v) is 5.43. The highest BCUT2D eigenvalue weighted by Gasteiger charge is 2.19. The van der Waals surface area contributed by atoms with Gasteiger partial charge in [-0.25, -0.2) is 0 Å². The van der Waals surface area contributed by atoms with Crippen LogP contribution < -0.4 is 14.8 Å². The monoisotopic (exact) mass is 390 g/mol. The van der Waals surface area contributed by atoms with Crippen LogP contribution in [0, 0.1) is 0 Å². The minimum Gasteiger partial charge on any atom is -0.493 e. The zero-order valence-electron chi connectivity index (χ0n) is 16.0. The van der Waals surface area contributed by atoms with Crippen molar-refractivity contribution >= 4 is 23.4 Å². The highest BCUT2D eigenvalue weighted by Crippen LogP contribution is 2.34. The second-order valence-corrected chi connectivity index (χ2v) is 7.78. The maximum absolute atomic E-state index is 12.3. The second-order valence-electron chi connectivity index (χ2n) is 6.84. The Bertz CT molecular complexity index is 772. The molecule has 0 atom stereocenters. The van der Waals surface area contributed by atoms with E-state index in [1.165, 1.54) is 24.6 Å². The number of nitrogens with one attached hydrogen (secondary N) is 1. The summed E-state index contributed by atoms with van der Waals surface area (Å²) in [5.74, 6) is 1.51. The van der Waals surface area contributed by atoms with Crippen molar-refractivity contribution in [2.45, 2.75) is 56.8 Å². The largest absolute Gasteiger partial charge is 0.493 e. The maximum Gasteiger partial charge on any atom is 0.234 e. The summed E-state index contributed by atoms with van der Waals surface area (Å²) in [4.78, 5) is 12.3. The van der Waals surface area contributed by atoms with Crippen LogP contribution >= 0.6 is 11.8 Å². The molecular formula is C19H26N4O3S. The van der Waals surface area contributed by atoms with E-state index in [0.29, 0.717) is 17.2 Å². The summed E-state index contributed by atoms with van der Waals surface area (Å²) in [6.45, 7) is 4.10. The van der Waals surface area contributed by atoms with E-state index in [0.717, 1.165) is 18.0 Å². The highest BCUT2D eigenvalue weighted by molar-refractivity contribution is 7.99. The molecule has 1 aliphatic carbocycles. The zero-order chi connectivity index (χ0) is 19.2. The van der Waals surface area contributed by atoms with E-state index in [1.807, 2.05) is 22.8 Å². The topological polar surface area (TPSA) is 78.3 Å². The van der Waals surface area contributed by atoms with Crippen molar-refractivity contribution in [1.29, 1.82) is 0 Å². The van der Waals surface area contributed by atoms with Gasteiger partial charge in [-0.1, -0.05) is 11.8 Å². The maximum atomic E-state index is 12.3. The van der Waals surface area contributed by atoms with Crippen LogP contribution in [0.25, 0.3) is 0 Å². The van der Waals surface area contributed by atoms with Gasteiger partial charge in [0, 0.05) is 17.8 Å². The number of carbonyl (C=O) groups is 1. The van der Waals surface area contributed by atoms with Crippen molar-refractivity contribution in [2.75, 3.05) is 18.2 Å². The second kappa shape index (κ2) is 9.12. The number of methoxy groups -OCH3 is 1. The minimum atomic E-state index is -0.102. The van der Waals surface area contributed by atoms with Gasteiger partial charge in [-0.05, 0) is 51.7 Å². The molecule has 0 radical (unpaired) electrons. The summed E-state index contributed by atoms with van der Waals surface area (Å²) in [6, 6.07) is 5.72. The number of aromatic nitrogens is 3. The van der Waals surface area contributed by atoms with Crippen LogP contribution in [0.1, 0.15) is 45.6 Å². The number of nitrogens with zero attached hydrogens (tertiary/aromatic N) is 3. The van der Waals surface area contributed by atoms with Crippen LogP contribution in [0.2, 0.25) is 0 Å². The lowest BCUT2D eigenvalue weighted by atomic mass is 10.2. The zero-order valence-corrected chi connectivity index (χ0v) is 16.8. The van der Waals surface area contributed by atoms with E-state index < -0.39 is 0 Å².